The Hall–Kier alpha value is -1.43. The smallest absolute Gasteiger partial charge is 0.261 e. The molecule has 1 saturated heterocycles. The van der Waals surface area contributed by atoms with Crippen molar-refractivity contribution < 1.29 is 0 Å². The predicted octanol–water partition coefficient (Wildman–Crippen LogP) is 3.79. The van der Waals surface area contributed by atoms with Crippen LogP contribution < -0.4 is 5.56 Å². The minimum Gasteiger partial charge on any atom is -0.305 e. The van der Waals surface area contributed by atoms with Crippen LogP contribution in [0.2, 0.25) is 5.02 Å². The summed E-state index contributed by atoms with van der Waals surface area (Å²) >= 11 is 6.12. The maximum atomic E-state index is 13.1. The molecule has 1 aromatic heterocycles. The molecule has 0 radical (unpaired) electrons. The highest BCUT2D eigenvalue weighted by Gasteiger charge is 2.28. The van der Waals surface area contributed by atoms with Gasteiger partial charge in [0.2, 0.25) is 0 Å². The summed E-state index contributed by atoms with van der Waals surface area (Å²) < 4.78 is 1.85. The summed E-state index contributed by atoms with van der Waals surface area (Å²) in [6, 6.07) is 5.58. The Bertz CT molecular complexity index is 850. The highest BCUT2D eigenvalue weighted by Crippen LogP contribution is 2.27. The third-order valence-electron chi connectivity index (χ3n) is 5.50. The van der Waals surface area contributed by atoms with Gasteiger partial charge in [-0.05, 0) is 44.5 Å². The summed E-state index contributed by atoms with van der Waals surface area (Å²) in [7, 11) is 2.19. The monoisotopic (exact) mass is 390 g/mol. The van der Waals surface area contributed by atoms with Gasteiger partial charge in [0.05, 0.1) is 16.9 Å². The normalized spacial score (nSPS) is 20.7. The van der Waals surface area contributed by atoms with Crippen LogP contribution in [0, 0.1) is 5.92 Å². The van der Waals surface area contributed by atoms with Crippen molar-refractivity contribution in [1.82, 2.24) is 19.4 Å². The molecule has 1 fully saturated rings. The lowest BCUT2D eigenvalue weighted by atomic mass is 10.1. The molecule has 0 amide bonds. The highest BCUT2D eigenvalue weighted by atomic mass is 35.5. The van der Waals surface area contributed by atoms with Crippen molar-refractivity contribution in [2.75, 3.05) is 33.2 Å². The molecule has 0 aliphatic carbocycles. The highest BCUT2D eigenvalue weighted by molar-refractivity contribution is 6.31. The average Bonchev–Trinajstić information content (AvgIpc) is 2.80. The van der Waals surface area contributed by atoms with Gasteiger partial charge in [-0.3, -0.25) is 14.3 Å². The van der Waals surface area contributed by atoms with Gasteiger partial charge >= 0.3 is 0 Å². The number of aromatic nitrogens is 2. The zero-order chi connectivity index (χ0) is 19.6. The number of fused-ring (bicyclic) bond motifs is 1. The minimum atomic E-state index is 0.0149. The van der Waals surface area contributed by atoms with Crippen molar-refractivity contribution in [2.45, 2.75) is 46.2 Å². The van der Waals surface area contributed by atoms with E-state index in [-0.39, 0.29) is 11.6 Å². The van der Waals surface area contributed by atoms with E-state index in [1.807, 2.05) is 23.6 Å². The number of rotatable bonds is 5. The van der Waals surface area contributed by atoms with Gasteiger partial charge in [-0.2, -0.15) is 0 Å². The molecular weight excluding hydrogens is 360 g/mol. The number of likely N-dealkylation sites (N-methyl/N-ethyl adjacent to an activating group) is 1. The molecule has 148 valence electrons. The van der Waals surface area contributed by atoms with Crippen molar-refractivity contribution in [1.29, 1.82) is 0 Å². The third-order valence-corrected chi connectivity index (χ3v) is 5.74. The largest absolute Gasteiger partial charge is 0.305 e. The van der Waals surface area contributed by atoms with Gasteiger partial charge in [-0.25, -0.2) is 4.98 Å². The first-order chi connectivity index (χ1) is 12.9. The zero-order valence-corrected chi connectivity index (χ0v) is 17.7. The minimum absolute atomic E-state index is 0.0149. The third kappa shape index (κ3) is 4.36. The van der Waals surface area contributed by atoms with Gasteiger partial charge in [-0.1, -0.05) is 31.9 Å². The van der Waals surface area contributed by atoms with E-state index in [4.69, 9.17) is 16.6 Å². The van der Waals surface area contributed by atoms with E-state index >= 15 is 0 Å². The molecule has 0 spiro atoms. The second-order valence-corrected chi connectivity index (χ2v) is 8.28. The van der Waals surface area contributed by atoms with Crippen LogP contribution in [-0.2, 0) is 6.54 Å². The second kappa shape index (κ2) is 8.72. The molecule has 0 bridgehead atoms. The van der Waals surface area contributed by atoms with Gasteiger partial charge in [0.25, 0.3) is 5.56 Å². The summed E-state index contributed by atoms with van der Waals surface area (Å²) in [5.74, 6) is 1.49. The van der Waals surface area contributed by atoms with E-state index in [1.165, 1.54) is 0 Å². The second-order valence-electron chi connectivity index (χ2n) is 7.85. The van der Waals surface area contributed by atoms with Gasteiger partial charge in [0.15, 0.2) is 0 Å². The van der Waals surface area contributed by atoms with Crippen molar-refractivity contribution in [3.8, 4) is 0 Å². The van der Waals surface area contributed by atoms with Crippen LogP contribution in [0.25, 0.3) is 10.9 Å². The molecular formula is C21H31ClN4O. The van der Waals surface area contributed by atoms with Crippen molar-refractivity contribution in [3.05, 3.63) is 39.4 Å². The Morgan fingerprint density at radius 1 is 1.26 bits per heavy atom. The van der Waals surface area contributed by atoms with E-state index in [0.717, 1.165) is 50.4 Å². The summed E-state index contributed by atoms with van der Waals surface area (Å²) in [6.45, 7) is 11.3. The van der Waals surface area contributed by atoms with Crippen LogP contribution >= 0.6 is 11.6 Å². The van der Waals surface area contributed by atoms with Gasteiger partial charge in [0, 0.05) is 37.7 Å². The number of nitrogens with zero attached hydrogens (tertiary/aromatic N) is 4. The number of halogens is 1. The summed E-state index contributed by atoms with van der Waals surface area (Å²) in [5.41, 5.74) is 0.756. The van der Waals surface area contributed by atoms with Crippen LogP contribution in [0.4, 0.5) is 0 Å². The summed E-state index contributed by atoms with van der Waals surface area (Å²) in [5, 5.41) is 1.18. The van der Waals surface area contributed by atoms with Crippen molar-refractivity contribution in [3.63, 3.8) is 0 Å². The average molecular weight is 391 g/mol. The maximum absolute atomic E-state index is 13.1. The zero-order valence-electron chi connectivity index (χ0n) is 16.9. The molecule has 5 nitrogen and oxygen atoms in total. The molecule has 2 aromatic rings. The van der Waals surface area contributed by atoms with Crippen LogP contribution in [0.15, 0.2) is 23.0 Å². The van der Waals surface area contributed by atoms with Gasteiger partial charge in [0.1, 0.15) is 5.82 Å². The van der Waals surface area contributed by atoms with Crippen molar-refractivity contribution in [2.24, 2.45) is 5.92 Å². The first-order valence-corrected chi connectivity index (χ1v) is 10.4. The van der Waals surface area contributed by atoms with Crippen LogP contribution in [-0.4, -0.2) is 52.6 Å². The Morgan fingerprint density at radius 2 is 2.04 bits per heavy atom. The molecule has 1 aromatic carbocycles. The van der Waals surface area contributed by atoms with E-state index in [1.54, 1.807) is 6.07 Å². The standard InChI is InChI=1S/C21H31ClN4O/c1-5-7-19(25-11-10-24(4)13-15(3)14-25)20-23-18-9-8-16(22)12-17(18)21(27)26(20)6-2/h8-9,12,15,19H,5-7,10-11,13-14H2,1-4H3/t15-,19+/m0/s1. The molecule has 0 unspecified atom stereocenters. The molecule has 0 N–H and O–H groups in total. The fourth-order valence-electron chi connectivity index (χ4n) is 4.27. The van der Waals surface area contributed by atoms with Gasteiger partial charge in [-0.15, -0.1) is 0 Å². The molecule has 0 saturated carbocycles. The summed E-state index contributed by atoms with van der Waals surface area (Å²) in [6.07, 6.45) is 2.06. The topological polar surface area (TPSA) is 41.4 Å². The summed E-state index contributed by atoms with van der Waals surface area (Å²) in [4.78, 5) is 23.0. The predicted molar refractivity (Wildman–Crippen MR) is 113 cm³/mol. The van der Waals surface area contributed by atoms with Crippen LogP contribution in [0.1, 0.15) is 45.5 Å². The van der Waals surface area contributed by atoms with E-state index < -0.39 is 0 Å². The Kier molecular flexibility index (Phi) is 6.56. The maximum Gasteiger partial charge on any atom is 0.261 e. The van der Waals surface area contributed by atoms with Gasteiger partial charge < -0.3 is 4.90 Å². The molecule has 3 rings (SSSR count). The van der Waals surface area contributed by atoms with E-state index in [0.29, 0.717) is 22.9 Å². The lowest BCUT2D eigenvalue weighted by molar-refractivity contribution is 0.167. The van der Waals surface area contributed by atoms with Crippen molar-refractivity contribution >= 4 is 22.5 Å². The lowest BCUT2D eigenvalue weighted by Gasteiger charge is -2.32. The fourth-order valence-corrected chi connectivity index (χ4v) is 4.45. The van der Waals surface area contributed by atoms with Crippen LogP contribution in [0.3, 0.4) is 0 Å². The van der Waals surface area contributed by atoms with E-state index in [9.17, 15) is 4.79 Å². The quantitative estimate of drug-likeness (QED) is 0.778. The molecule has 2 atom stereocenters. The molecule has 2 heterocycles. The Morgan fingerprint density at radius 3 is 2.74 bits per heavy atom. The molecule has 1 aliphatic rings. The molecule has 6 heteroatoms. The Balaban J connectivity index is 2.10. The number of hydrogen-bond donors (Lipinski definition) is 0. The lowest BCUT2D eigenvalue weighted by Crippen LogP contribution is -2.38. The fraction of sp³-hybridized carbons (Fsp3) is 0.619. The number of hydrogen-bond acceptors (Lipinski definition) is 4. The number of benzene rings is 1. The first kappa shape index (κ1) is 20.3. The van der Waals surface area contributed by atoms with Crippen LogP contribution in [0.5, 0.6) is 0 Å². The Labute approximate surface area is 166 Å². The first-order valence-electron chi connectivity index (χ1n) is 10.1. The SMILES string of the molecule is CCC[C@H](c1nc2ccc(Cl)cc2c(=O)n1CC)N1CCN(C)C[C@H](C)C1. The molecule has 27 heavy (non-hydrogen) atoms. The molecule has 1 aliphatic heterocycles. The van der Waals surface area contributed by atoms with E-state index in [2.05, 4.69) is 30.7 Å².